The molecule has 46 heavy (non-hydrogen) atoms. The fourth-order valence-electron chi connectivity index (χ4n) is 7.79. The van der Waals surface area contributed by atoms with Gasteiger partial charge in [0.25, 0.3) is 0 Å². The predicted octanol–water partition coefficient (Wildman–Crippen LogP) is 11.0. The van der Waals surface area contributed by atoms with E-state index in [0.717, 1.165) is 39.5 Å². The summed E-state index contributed by atoms with van der Waals surface area (Å²) in [7, 11) is 0. The molecule has 0 aliphatic heterocycles. The zero-order valence-electron chi connectivity index (χ0n) is 25.6. The van der Waals surface area contributed by atoms with Gasteiger partial charge in [0.2, 0.25) is 0 Å². The molecule has 216 valence electrons. The van der Waals surface area contributed by atoms with Gasteiger partial charge in [-0.3, -0.25) is 4.57 Å². The van der Waals surface area contributed by atoms with E-state index in [-0.39, 0.29) is 5.41 Å². The van der Waals surface area contributed by atoms with Gasteiger partial charge in [0.15, 0.2) is 5.82 Å². The molecular formula is C43H29N3. The van der Waals surface area contributed by atoms with Gasteiger partial charge in [0.05, 0.1) is 22.4 Å². The van der Waals surface area contributed by atoms with Gasteiger partial charge in [-0.1, -0.05) is 129 Å². The molecule has 9 aromatic rings. The van der Waals surface area contributed by atoms with Gasteiger partial charge < -0.3 is 0 Å². The Morgan fingerprint density at radius 3 is 1.98 bits per heavy atom. The zero-order chi connectivity index (χ0) is 30.6. The van der Waals surface area contributed by atoms with E-state index in [1.807, 2.05) is 0 Å². The number of fused-ring (bicyclic) bond motifs is 10. The van der Waals surface area contributed by atoms with Crippen molar-refractivity contribution in [1.82, 2.24) is 14.5 Å². The first-order valence-electron chi connectivity index (χ1n) is 15.9. The van der Waals surface area contributed by atoms with Crippen LogP contribution in [0, 0.1) is 0 Å². The summed E-state index contributed by atoms with van der Waals surface area (Å²) in [6.07, 6.45) is 0. The van der Waals surface area contributed by atoms with Crippen LogP contribution < -0.4 is 0 Å². The molecule has 7 aromatic carbocycles. The second-order valence-electron chi connectivity index (χ2n) is 13.1. The molecule has 0 bridgehead atoms. The molecule has 10 rings (SSSR count). The molecule has 0 unspecified atom stereocenters. The monoisotopic (exact) mass is 587 g/mol. The molecule has 2 heterocycles. The summed E-state index contributed by atoms with van der Waals surface area (Å²) in [6, 6.07) is 50.4. The smallest absolute Gasteiger partial charge is 0.164 e. The van der Waals surface area contributed by atoms with Gasteiger partial charge in [-0.2, -0.15) is 0 Å². The fraction of sp³-hybridized carbons (Fsp3) is 0.0698. The molecule has 3 heteroatoms. The average Bonchev–Trinajstić information content (AvgIpc) is 3.54. The minimum Gasteiger partial charge on any atom is -0.292 e. The first kappa shape index (κ1) is 25.5. The van der Waals surface area contributed by atoms with E-state index in [0.29, 0.717) is 0 Å². The normalized spacial score (nSPS) is 13.6. The molecule has 0 N–H and O–H groups in total. The number of rotatable bonds is 2. The number of para-hydroxylation sites is 1. The Bertz CT molecular complexity index is 2730. The standard InChI is InChI=1S/C43H29N3/c1-43(2)36-17-9-7-16-33(36)40-41(43)45-42(39(44-40)30-22-21-27-20-19-26-11-5-6-14-31(26)34(27)24-30)46-37-18-10-8-15-32(37)35-23-28-12-3-4-13-29(28)25-38(35)46/h3-25H,1-2H3. The molecule has 3 nitrogen and oxygen atoms in total. The maximum atomic E-state index is 5.66. The van der Waals surface area contributed by atoms with E-state index in [4.69, 9.17) is 9.97 Å². The van der Waals surface area contributed by atoms with Crippen LogP contribution in [0.25, 0.3) is 82.5 Å². The van der Waals surface area contributed by atoms with Crippen LogP contribution in [0.15, 0.2) is 140 Å². The molecule has 0 amide bonds. The molecule has 0 fully saturated rings. The van der Waals surface area contributed by atoms with Crippen LogP contribution in [-0.4, -0.2) is 14.5 Å². The van der Waals surface area contributed by atoms with Gasteiger partial charge in [-0.05, 0) is 62.1 Å². The summed E-state index contributed by atoms with van der Waals surface area (Å²) >= 11 is 0. The molecule has 1 aliphatic rings. The molecule has 0 atom stereocenters. The molecule has 1 aliphatic carbocycles. The topological polar surface area (TPSA) is 30.7 Å². The third-order valence-corrected chi connectivity index (χ3v) is 10.1. The Kier molecular flexibility index (Phi) is 5.06. The Balaban J connectivity index is 1.36. The number of nitrogens with zero attached hydrogens (tertiary/aromatic N) is 3. The van der Waals surface area contributed by atoms with Gasteiger partial charge in [-0.25, -0.2) is 9.97 Å². The molecular weight excluding hydrogens is 558 g/mol. The van der Waals surface area contributed by atoms with E-state index in [9.17, 15) is 0 Å². The van der Waals surface area contributed by atoms with Crippen LogP contribution in [0.4, 0.5) is 0 Å². The molecule has 0 spiro atoms. The summed E-state index contributed by atoms with van der Waals surface area (Å²) in [5.74, 6) is 0.862. The highest BCUT2D eigenvalue weighted by molar-refractivity contribution is 6.14. The second kappa shape index (κ2) is 9.12. The van der Waals surface area contributed by atoms with Crippen molar-refractivity contribution in [3.8, 4) is 28.3 Å². The third-order valence-electron chi connectivity index (χ3n) is 10.1. The van der Waals surface area contributed by atoms with Crippen molar-refractivity contribution in [2.75, 3.05) is 0 Å². The van der Waals surface area contributed by atoms with E-state index in [2.05, 4.69) is 158 Å². The van der Waals surface area contributed by atoms with Gasteiger partial charge in [0, 0.05) is 27.3 Å². The van der Waals surface area contributed by atoms with Crippen LogP contribution in [-0.2, 0) is 5.41 Å². The Labute approximate surface area is 266 Å². The predicted molar refractivity (Wildman–Crippen MR) is 192 cm³/mol. The summed E-state index contributed by atoms with van der Waals surface area (Å²) in [5, 5.41) is 9.78. The SMILES string of the molecule is CC1(C)c2ccccc2-c2nc(-c3ccc4ccc5ccccc5c4c3)c(-n3c4ccccc4c4cc5ccccc5cc43)nc21. The maximum Gasteiger partial charge on any atom is 0.164 e. The van der Waals surface area contributed by atoms with Crippen molar-refractivity contribution in [3.63, 3.8) is 0 Å². The average molecular weight is 588 g/mol. The van der Waals surface area contributed by atoms with E-state index in [1.54, 1.807) is 0 Å². The summed E-state index contributed by atoms with van der Waals surface area (Å²) in [4.78, 5) is 11.3. The van der Waals surface area contributed by atoms with Gasteiger partial charge >= 0.3 is 0 Å². The highest BCUT2D eigenvalue weighted by Crippen LogP contribution is 2.49. The number of aromatic nitrogens is 3. The van der Waals surface area contributed by atoms with Gasteiger partial charge in [0.1, 0.15) is 5.69 Å². The van der Waals surface area contributed by atoms with Crippen LogP contribution in [0.1, 0.15) is 25.1 Å². The van der Waals surface area contributed by atoms with Crippen molar-refractivity contribution in [2.24, 2.45) is 0 Å². The van der Waals surface area contributed by atoms with Crippen molar-refractivity contribution >= 4 is 54.1 Å². The highest BCUT2D eigenvalue weighted by Gasteiger charge is 2.39. The van der Waals surface area contributed by atoms with Crippen LogP contribution in [0.5, 0.6) is 0 Å². The molecule has 0 radical (unpaired) electrons. The van der Waals surface area contributed by atoms with Crippen molar-refractivity contribution < 1.29 is 0 Å². The Morgan fingerprint density at radius 2 is 1.13 bits per heavy atom. The zero-order valence-corrected chi connectivity index (χ0v) is 25.6. The number of benzene rings is 7. The maximum absolute atomic E-state index is 5.66. The number of hydrogen-bond donors (Lipinski definition) is 0. The largest absolute Gasteiger partial charge is 0.292 e. The first-order valence-corrected chi connectivity index (χ1v) is 15.9. The summed E-state index contributed by atoms with van der Waals surface area (Å²) < 4.78 is 2.35. The Hall–Kier alpha value is -5.80. The van der Waals surface area contributed by atoms with E-state index >= 15 is 0 Å². The summed E-state index contributed by atoms with van der Waals surface area (Å²) in [5.41, 5.74) is 8.36. The number of hydrogen-bond acceptors (Lipinski definition) is 2. The molecule has 0 saturated carbocycles. The third kappa shape index (κ3) is 3.43. The van der Waals surface area contributed by atoms with E-state index in [1.165, 1.54) is 54.2 Å². The second-order valence-corrected chi connectivity index (χ2v) is 13.1. The lowest BCUT2D eigenvalue weighted by Crippen LogP contribution is -2.18. The van der Waals surface area contributed by atoms with Crippen molar-refractivity contribution in [1.29, 1.82) is 0 Å². The lowest BCUT2D eigenvalue weighted by molar-refractivity contribution is 0.633. The highest BCUT2D eigenvalue weighted by atomic mass is 15.1. The van der Waals surface area contributed by atoms with Crippen LogP contribution in [0.2, 0.25) is 0 Å². The minimum absolute atomic E-state index is 0.281. The van der Waals surface area contributed by atoms with E-state index < -0.39 is 0 Å². The molecule has 2 aromatic heterocycles. The summed E-state index contributed by atoms with van der Waals surface area (Å²) in [6.45, 7) is 4.55. The van der Waals surface area contributed by atoms with Crippen LogP contribution >= 0.6 is 0 Å². The lowest BCUT2D eigenvalue weighted by Gasteiger charge is -2.22. The Morgan fingerprint density at radius 1 is 0.478 bits per heavy atom. The fourth-order valence-corrected chi connectivity index (χ4v) is 7.79. The van der Waals surface area contributed by atoms with Crippen LogP contribution in [0.3, 0.4) is 0 Å². The van der Waals surface area contributed by atoms with Crippen molar-refractivity contribution in [3.05, 3.63) is 151 Å². The lowest BCUT2D eigenvalue weighted by atomic mass is 9.85. The minimum atomic E-state index is -0.281. The van der Waals surface area contributed by atoms with Crippen molar-refractivity contribution in [2.45, 2.75) is 19.3 Å². The first-order chi connectivity index (χ1) is 22.6. The quantitative estimate of drug-likeness (QED) is 0.188. The van der Waals surface area contributed by atoms with Gasteiger partial charge in [-0.15, -0.1) is 0 Å². The molecule has 0 saturated heterocycles.